The first-order valence-corrected chi connectivity index (χ1v) is 26.4. The lowest BCUT2D eigenvalue weighted by atomic mass is 9.97. The molecule has 2 rings (SSSR count). The minimum atomic E-state index is -1.80. The van der Waals surface area contributed by atoms with Gasteiger partial charge >= 0.3 is 0 Å². The fourth-order valence-corrected chi connectivity index (χ4v) is 7.55. The standard InChI is InChI=1S/C58H91NO13/c1-3-5-7-9-10-11-12-13-14-15-16-17-18-19-20-21-22-23-24-25-26-27-28-29-30-31-32-33-34-35-36-38-40-42-50(63)59-46(47(62)41-39-37-8-6-4-2)45-69-57-55(68)53(66)56(49(44-61)71-57)72-58-54(67)52(65)51(64)48(43-60)70-58/h5,7,10-11,13-14,16-17,19-20,22-23,25-26,28-29,31-32,34-35,39,41,46-49,51-58,60-62,64-68H,3-4,6,8-9,12,15,18,21,24,27,30,33,36-38,40,42-45H2,1-2H3,(H,59,63)/b7-5-,11-10-,14-13-,17-16-,20-19-,23-22-,26-25-,29-28-,32-31-,35-34-,41-39+. The van der Waals surface area contributed by atoms with Gasteiger partial charge in [-0.3, -0.25) is 4.79 Å². The number of nitrogens with one attached hydrogen (secondary N) is 1. The molecule has 2 fully saturated rings. The molecule has 0 aliphatic carbocycles. The highest BCUT2D eigenvalue weighted by atomic mass is 16.7. The van der Waals surface area contributed by atoms with Crippen LogP contribution in [0.4, 0.5) is 0 Å². The van der Waals surface area contributed by atoms with E-state index in [9.17, 15) is 45.6 Å². The zero-order valence-electron chi connectivity index (χ0n) is 43.1. The van der Waals surface area contributed by atoms with Crippen LogP contribution >= 0.6 is 0 Å². The van der Waals surface area contributed by atoms with E-state index in [1.54, 1.807) is 6.08 Å². The summed E-state index contributed by atoms with van der Waals surface area (Å²) in [6.45, 7) is 2.47. The number of hydrogen-bond acceptors (Lipinski definition) is 13. The van der Waals surface area contributed by atoms with Crippen LogP contribution in [-0.2, 0) is 23.7 Å². The number of hydrogen-bond donors (Lipinski definition) is 9. The predicted octanol–water partition coefficient (Wildman–Crippen LogP) is 7.65. The maximum absolute atomic E-state index is 13.1. The van der Waals surface area contributed by atoms with Gasteiger partial charge in [0, 0.05) is 6.42 Å². The molecular formula is C58H91NO13. The molecule has 72 heavy (non-hydrogen) atoms. The van der Waals surface area contributed by atoms with Crippen molar-refractivity contribution in [2.75, 3.05) is 19.8 Å². The van der Waals surface area contributed by atoms with Crippen molar-refractivity contribution in [3.63, 3.8) is 0 Å². The molecule has 2 saturated heterocycles. The van der Waals surface area contributed by atoms with Crippen LogP contribution < -0.4 is 5.32 Å². The molecule has 406 valence electrons. The van der Waals surface area contributed by atoms with Gasteiger partial charge in [-0.15, -0.1) is 0 Å². The van der Waals surface area contributed by atoms with E-state index in [4.69, 9.17) is 18.9 Å². The molecule has 0 aromatic rings. The third-order valence-electron chi connectivity index (χ3n) is 11.8. The fraction of sp³-hybridized carbons (Fsp3) is 0.603. The molecule has 0 saturated carbocycles. The van der Waals surface area contributed by atoms with Gasteiger partial charge in [0.25, 0.3) is 0 Å². The van der Waals surface area contributed by atoms with E-state index in [-0.39, 0.29) is 18.9 Å². The molecule has 0 aromatic heterocycles. The highest BCUT2D eigenvalue weighted by Crippen LogP contribution is 2.30. The topological polar surface area (TPSA) is 228 Å². The number of ether oxygens (including phenoxy) is 4. The summed E-state index contributed by atoms with van der Waals surface area (Å²) in [6, 6.07) is -0.944. The van der Waals surface area contributed by atoms with Gasteiger partial charge in [-0.25, -0.2) is 0 Å². The summed E-state index contributed by atoms with van der Waals surface area (Å²) < 4.78 is 22.5. The van der Waals surface area contributed by atoms with Crippen LogP contribution in [0.3, 0.4) is 0 Å². The van der Waals surface area contributed by atoms with Gasteiger partial charge in [0.15, 0.2) is 12.6 Å². The molecule has 0 spiro atoms. The van der Waals surface area contributed by atoms with Crippen LogP contribution in [0.1, 0.15) is 129 Å². The number of carbonyl (C=O) groups is 1. The second-order valence-corrected chi connectivity index (χ2v) is 17.9. The zero-order chi connectivity index (χ0) is 52.4. The van der Waals surface area contributed by atoms with E-state index >= 15 is 0 Å². The summed E-state index contributed by atoms with van der Waals surface area (Å²) in [5, 5.41) is 86.2. The van der Waals surface area contributed by atoms with Crippen molar-refractivity contribution in [3.8, 4) is 0 Å². The smallest absolute Gasteiger partial charge is 0.220 e. The van der Waals surface area contributed by atoms with E-state index in [2.05, 4.69) is 141 Å². The highest BCUT2D eigenvalue weighted by molar-refractivity contribution is 5.76. The number of aliphatic hydroxyl groups excluding tert-OH is 8. The average Bonchev–Trinajstić information content (AvgIpc) is 3.38. The summed E-state index contributed by atoms with van der Waals surface area (Å²) in [5.74, 6) is -0.297. The molecule has 9 N–H and O–H groups in total. The lowest BCUT2D eigenvalue weighted by molar-refractivity contribution is -0.359. The van der Waals surface area contributed by atoms with Crippen molar-refractivity contribution in [3.05, 3.63) is 134 Å². The largest absolute Gasteiger partial charge is 0.394 e. The Bertz CT molecular complexity index is 1710. The minimum Gasteiger partial charge on any atom is -0.394 e. The highest BCUT2D eigenvalue weighted by Gasteiger charge is 2.51. The van der Waals surface area contributed by atoms with Gasteiger partial charge < -0.3 is 65.1 Å². The number of aliphatic hydroxyl groups is 8. The van der Waals surface area contributed by atoms with Gasteiger partial charge in [0.05, 0.1) is 32.0 Å². The molecule has 0 radical (unpaired) electrons. The van der Waals surface area contributed by atoms with Gasteiger partial charge in [0.1, 0.15) is 48.8 Å². The van der Waals surface area contributed by atoms with E-state index in [1.165, 1.54) is 0 Å². The number of rotatable bonds is 38. The van der Waals surface area contributed by atoms with Gasteiger partial charge in [0.2, 0.25) is 5.91 Å². The average molecular weight is 1010 g/mol. The summed E-state index contributed by atoms with van der Waals surface area (Å²) >= 11 is 0. The molecule has 1 amide bonds. The number of carbonyl (C=O) groups excluding carboxylic acids is 1. The Hall–Kier alpha value is -3.87. The van der Waals surface area contributed by atoms with Crippen LogP contribution in [0.25, 0.3) is 0 Å². The molecule has 2 aliphatic heterocycles. The van der Waals surface area contributed by atoms with Crippen LogP contribution in [-0.4, -0.2) is 140 Å². The number of unbranched alkanes of at least 4 members (excludes halogenated alkanes) is 5. The second kappa shape index (κ2) is 42.5. The monoisotopic (exact) mass is 1010 g/mol. The van der Waals surface area contributed by atoms with E-state index < -0.39 is 86.8 Å². The lowest BCUT2D eigenvalue weighted by Gasteiger charge is -2.46. The minimum absolute atomic E-state index is 0.214. The van der Waals surface area contributed by atoms with Crippen LogP contribution in [0.5, 0.6) is 0 Å². The van der Waals surface area contributed by atoms with Gasteiger partial charge in [-0.1, -0.05) is 160 Å². The normalized spacial score (nSPS) is 26.7. The van der Waals surface area contributed by atoms with Crippen molar-refractivity contribution in [2.24, 2.45) is 0 Å². The van der Waals surface area contributed by atoms with E-state index in [1.807, 2.05) is 6.08 Å². The van der Waals surface area contributed by atoms with Crippen molar-refractivity contribution in [1.82, 2.24) is 5.32 Å². The Labute approximate surface area is 430 Å². The molecule has 14 nitrogen and oxygen atoms in total. The predicted molar refractivity (Wildman–Crippen MR) is 285 cm³/mol. The molecular weight excluding hydrogens is 919 g/mol. The van der Waals surface area contributed by atoms with Gasteiger partial charge in [-0.05, 0) is 96.3 Å². The Morgan fingerprint density at radius 2 is 0.944 bits per heavy atom. The molecule has 12 atom stereocenters. The number of amides is 1. The SMILES string of the molecule is CC/C=C\C/C=C\C/C=C\C/C=C\C/C=C\C/C=C\C/C=C\C/C=C\C/C=C\C/C=C\CCCCC(=O)NC(COC1OC(CO)C(OC2OC(CO)C(O)C(O)C2O)C(O)C1O)C(O)/C=C/CCCCC. The lowest BCUT2D eigenvalue weighted by Crippen LogP contribution is -2.65. The fourth-order valence-electron chi connectivity index (χ4n) is 7.55. The Morgan fingerprint density at radius 1 is 0.514 bits per heavy atom. The van der Waals surface area contributed by atoms with Crippen LogP contribution in [0.2, 0.25) is 0 Å². The summed E-state index contributed by atoms with van der Waals surface area (Å²) in [5.41, 5.74) is 0. The molecule has 0 bridgehead atoms. The van der Waals surface area contributed by atoms with Crippen LogP contribution in [0.15, 0.2) is 134 Å². The summed E-state index contributed by atoms with van der Waals surface area (Å²) in [4.78, 5) is 13.1. The van der Waals surface area contributed by atoms with Gasteiger partial charge in [-0.2, -0.15) is 0 Å². The van der Waals surface area contributed by atoms with Crippen molar-refractivity contribution < 1.29 is 64.6 Å². The maximum Gasteiger partial charge on any atom is 0.220 e. The van der Waals surface area contributed by atoms with Crippen LogP contribution in [0, 0.1) is 0 Å². The zero-order valence-corrected chi connectivity index (χ0v) is 43.1. The quantitative estimate of drug-likeness (QED) is 0.0214. The molecule has 2 heterocycles. The molecule has 2 aliphatic rings. The maximum atomic E-state index is 13.1. The van der Waals surface area contributed by atoms with Crippen molar-refractivity contribution in [2.45, 2.75) is 203 Å². The third kappa shape index (κ3) is 28.5. The van der Waals surface area contributed by atoms with Crippen molar-refractivity contribution >= 4 is 5.91 Å². The number of allylic oxidation sites excluding steroid dienone is 21. The first-order chi connectivity index (χ1) is 35.1. The molecule has 0 aromatic carbocycles. The Balaban J connectivity index is 1.66. The van der Waals surface area contributed by atoms with Crippen molar-refractivity contribution in [1.29, 1.82) is 0 Å². The second-order valence-electron chi connectivity index (χ2n) is 17.9. The molecule has 12 unspecified atom stereocenters. The van der Waals surface area contributed by atoms with E-state index in [0.717, 1.165) is 103 Å². The first kappa shape index (κ1) is 64.2. The Kier molecular flexibility index (Phi) is 37.9. The summed E-state index contributed by atoms with van der Waals surface area (Å²) in [6.07, 6.45) is 45.7. The third-order valence-corrected chi connectivity index (χ3v) is 11.8. The Morgan fingerprint density at radius 3 is 1.42 bits per heavy atom. The first-order valence-electron chi connectivity index (χ1n) is 26.4. The summed E-state index contributed by atoms with van der Waals surface area (Å²) in [7, 11) is 0. The van der Waals surface area contributed by atoms with E-state index in [0.29, 0.717) is 6.42 Å². The molecule has 14 heteroatoms.